The van der Waals surface area contributed by atoms with Crippen LogP contribution in [0.25, 0.3) is 0 Å². The first kappa shape index (κ1) is 20.9. The van der Waals surface area contributed by atoms with E-state index in [9.17, 15) is 9.59 Å². The molecule has 0 aromatic heterocycles. The minimum absolute atomic E-state index is 0.0147. The average Bonchev–Trinajstić information content (AvgIpc) is 2.63. The minimum Gasteiger partial charge on any atom is -0.335 e. The van der Waals surface area contributed by atoms with Crippen LogP contribution in [0.2, 0.25) is 5.02 Å². The number of hydrogen-bond donors (Lipinski definition) is 2. The van der Waals surface area contributed by atoms with Crippen LogP contribution in [0.1, 0.15) is 31.0 Å². The molecule has 2 N–H and O–H groups in total. The molecule has 2 aromatic carbocycles. The van der Waals surface area contributed by atoms with Gasteiger partial charge >= 0.3 is 0 Å². The Bertz CT molecular complexity index is 792. The van der Waals surface area contributed by atoms with Crippen molar-refractivity contribution in [1.82, 2.24) is 10.2 Å². The number of benzene rings is 2. The van der Waals surface area contributed by atoms with Crippen LogP contribution < -0.4 is 10.6 Å². The van der Waals surface area contributed by atoms with E-state index in [4.69, 9.17) is 11.6 Å². The first-order valence-electron chi connectivity index (χ1n) is 8.90. The fourth-order valence-electron chi connectivity index (χ4n) is 2.82. The maximum atomic E-state index is 12.6. The number of carbonyl (C=O) groups is 2. The minimum atomic E-state index is -0.451. The number of halogens is 1. The molecule has 0 aliphatic heterocycles. The van der Waals surface area contributed by atoms with Crippen molar-refractivity contribution in [1.29, 1.82) is 0 Å². The maximum Gasteiger partial charge on any atom is 0.243 e. The Morgan fingerprint density at radius 3 is 2.33 bits per heavy atom. The summed E-state index contributed by atoms with van der Waals surface area (Å²) in [6, 6.07) is 14.5. The highest BCUT2D eigenvalue weighted by Gasteiger charge is 2.22. The summed E-state index contributed by atoms with van der Waals surface area (Å²) in [4.78, 5) is 26.2. The average molecular weight is 388 g/mol. The molecule has 2 atom stereocenters. The van der Waals surface area contributed by atoms with E-state index in [2.05, 4.69) is 10.6 Å². The summed E-state index contributed by atoms with van der Waals surface area (Å²) in [6.45, 7) is 5.70. The molecule has 0 radical (unpaired) electrons. The summed E-state index contributed by atoms with van der Waals surface area (Å²) in [5, 5.41) is 6.69. The molecule has 0 unspecified atom stereocenters. The van der Waals surface area contributed by atoms with Crippen LogP contribution in [-0.2, 0) is 9.59 Å². The predicted octanol–water partition coefficient (Wildman–Crippen LogP) is 3.78. The molecule has 0 bridgehead atoms. The van der Waals surface area contributed by atoms with Gasteiger partial charge in [-0.25, -0.2) is 0 Å². The smallest absolute Gasteiger partial charge is 0.243 e. The third-order valence-electron chi connectivity index (χ3n) is 4.33. The van der Waals surface area contributed by atoms with Gasteiger partial charge in [-0.3, -0.25) is 14.9 Å². The quantitative estimate of drug-likeness (QED) is 0.759. The predicted molar refractivity (Wildman–Crippen MR) is 110 cm³/mol. The van der Waals surface area contributed by atoms with Crippen molar-refractivity contribution in [2.45, 2.75) is 32.9 Å². The van der Waals surface area contributed by atoms with Gasteiger partial charge in [0, 0.05) is 23.8 Å². The highest BCUT2D eigenvalue weighted by atomic mass is 35.5. The summed E-state index contributed by atoms with van der Waals surface area (Å²) in [5.74, 6) is -0.394. The Morgan fingerprint density at radius 1 is 1.07 bits per heavy atom. The van der Waals surface area contributed by atoms with Crippen LogP contribution in [-0.4, -0.2) is 36.3 Å². The molecule has 2 rings (SSSR count). The summed E-state index contributed by atoms with van der Waals surface area (Å²) in [6.07, 6.45) is 0. The third-order valence-corrected chi connectivity index (χ3v) is 4.68. The number of likely N-dealkylation sites (N-methyl/N-ethyl adjacent to an activating group) is 1. The number of amides is 2. The highest BCUT2D eigenvalue weighted by Crippen LogP contribution is 2.22. The van der Waals surface area contributed by atoms with Crippen LogP contribution in [0.15, 0.2) is 48.5 Å². The van der Waals surface area contributed by atoms with Crippen molar-refractivity contribution in [2.75, 3.05) is 18.9 Å². The second-order valence-electron chi connectivity index (χ2n) is 6.74. The fourth-order valence-corrected chi connectivity index (χ4v) is 3.12. The van der Waals surface area contributed by atoms with E-state index >= 15 is 0 Å². The summed E-state index contributed by atoms with van der Waals surface area (Å²) < 4.78 is 0. The summed E-state index contributed by atoms with van der Waals surface area (Å²) in [5.41, 5.74) is 2.76. The molecule has 5 nitrogen and oxygen atoms in total. The van der Waals surface area contributed by atoms with Gasteiger partial charge in [0.1, 0.15) is 0 Å². The number of nitrogens with one attached hydrogen (secondary N) is 2. The third kappa shape index (κ3) is 6.08. The van der Waals surface area contributed by atoms with Crippen molar-refractivity contribution in [3.8, 4) is 0 Å². The number of nitrogens with zero attached hydrogens (tertiary/aromatic N) is 1. The summed E-state index contributed by atoms with van der Waals surface area (Å²) >= 11 is 6.21. The SMILES string of the molecule is Cc1ccc(NC(=O)CN(C)C(=O)[C@@H](C)N[C@H](C)c2ccccc2Cl)cc1. The summed E-state index contributed by atoms with van der Waals surface area (Å²) in [7, 11) is 1.62. The number of anilines is 1. The molecule has 27 heavy (non-hydrogen) atoms. The fraction of sp³-hybridized carbons (Fsp3) is 0.333. The number of rotatable bonds is 7. The van der Waals surface area contributed by atoms with Gasteiger partial charge in [0.15, 0.2) is 0 Å². The lowest BCUT2D eigenvalue weighted by Crippen LogP contribution is -2.46. The van der Waals surface area contributed by atoms with Gasteiger partial charge in [-0.15, -0.1) is 0 Å². The van der Waals surface area contributed by atoms with E-state index in [0.717, 1.165) is 11.1 Å². The maximum absolute atomic E-state index is 12.6. The van der Waals surface area contributed by atoms with E-state index in [-0.39, 0.29) is 24.4 Å². The molecule has 0 fully saturated rings. The van der Waals surface area contributed by atoms with Crippen molar-refractivity contribution < 1.29 is 9.59 Å². The van der Waals surface area contributed by atoms with Gasteiger partial charge < -0.3 is 10.2 Å². The zero-order chi connectivity index (χ0) is 20.0. The van der Waals surface area contributed by atoms with E-state index in [1.807, 2.05) is 62.4 Å². The molecule has 0 heterocycles. The molecular weight excluding hydrogens is 362 g/mol. The monoisotopic (exact) mass is 387 g/mol. The van der Waals surface area contributed by atoms with Crippen LogP contribution in [0.5, 0.6) is 0 Å². The van der Waals surface area contributed by atoms with Gasteiger partial charge in [0.05, 0.1) is 12.6 Å². The number of hydrogen-bond acceptors (Lipinski definition) is 3. The molecule has 2 amide bonds. The molecule has 144 valence electrons. The molecule has 0 saturated carbocycles. The molecule has 6 heteroatoms. The lowest BCUT2D eigenvalue weighted by atomic mass is 10.1. The van der Waals surface area contributed by atoms with Crippen LogP contribution >= 0.6 is 11.6 Å². The normalized spacial score (nSPS) is 12.9. The lowest BCUT2D eigenvalue weighted by molar-refractivity contribution is -0.135. The van der Waals surface area contributed by atoms with Crippen molar-refractivity contribution in [2.24, 2.45) is 0 Å². The molecule has 0 saturated heterocycles. The van der Waals surface area contributed by atoms with E-state index in [1.165, 1.54) is 4.90 Å². The van der Waals surface area contributed by atoms with Gasteiger partial charge in [0.2, 0.25) is 11.8 Å². The molecule has 0 aliphatic rings. The van der Waals surface area contributed by atoms with Gasteiger partial charge in [-0.2, -0.15) is 0 Å². The number of carbonyl (C=O) groups excluding carboxylic acids is 2. The molecule has 2 aromatic rings. The van der Waals surface area contributed by atoms with E-state index < -0.39 is 6.04 Å². The van der Waals surface area contributed by atoms with E-state index in [0.29, 0.717) is 10.7 Å². The Hall–Kier alpha value is -2.37. The van der Waals surface area contributed by atoms with Crippen LogP contribution in [0.3, 0.4) is 0 Å². The molecule has 0 spiro atoms. The zero-order valence-corrected chi connectivity index (χ0v) is 16.9. The molecule has 0 aliphatic carbocycles. The van der Waals surface area contributed by atoms with E-state index in [1.54, 1.807) is 14.0 Å². The standard InChI is InChI=1S/C21H26ClN3O2/c1-14-9-11-17(12-10-14)24-20(26)13-25(4)21(27)16(3)23-15(2)18-7-5-6-8-19(18)22/h5-12,15-16,23H,13H2,1-4H3,(H,24,26)/t15-,16-/m1/s1. The van der Waals surface area contributed by atoms with Gasteiger partial charge in [0.25, 0.3) is 0 Å². The lowest BCUT2D eigenvalue weighted by Gasteiger charge is -2.25. The Balaban J connectivity index is 1.88. The van der Waals surface area contributed by atoms with Crippen molar-refractivity contribution in [3.63, 3.8) is 0 Å². The van der Waals surface area contributed by atoms with Crippen LogP contribution in [0.4, 0.5) is 5.69 Å². The zero-order valence-electron chi connectivity index (χ0n) is 16.1. The first-order valence-corrected chi connectivity index (χ1v) is 9.27. The Kier molecular flexibility index (Phi) is 7.39. The van der Waals surface area contributed by atoms with Crippen LogP contribution in [0, 0.1) is 6.92 Å². The van der Waals surface area contributed by atoms with Gasteiger partial charge in [-0.1, -0.05) is 47.5 Å². The van der Waals surface area contributed by atoms with Gasteiger partial charge in [-0.05, 0) is 44.5 Å². The molecular formula is C21H26ClN3O2. The second kappa shape index (κ2) is 9.53. The number of aryl methyl sites for hydroxylation is 1. The largest absolute Gasteiger partial charge is 0.335 e. The first-order chi connectivity index (χ1) is 12.8. The second-order valence-corrected chi connectivity index (χ2v) is 7.15. The topological polar surface area (TPSA) is 61.4 Å². The Morgan fingerprint density at radius 2 is 1.70 bits per heavy atom. The highest BCUT2D eigenvalue weighted by molar-refractivity contribution is 6.31. The Labute approximate surface area is 165 Å². The van der Waals surface area contributed by atoms with Crippen molar-refractivity contribution >= 4 is 29.1 Å². The van der Waals surface area contributed by atoms with Crippen molar-refractivity contribution in [3.05, 3.63) is 64.7 Å².